The summed E-state index contributed by atoms with van der Waals surface area (Å²) < 4.78 is 5.55. The number of carboxylic acid groups (broad SMARTS) is 1. The van der Waals surface area contributed by atoms with Gasteiger partial charge in [-0.05, 0) is 30.7 Å². The first-order chi connectivity index (χ1) is 14.8. The molecule has 1 aromatic heterocycles. The Bertz CT molecular complexity index is 848. The molecule has 2 saturated heterocycles. The number of likely N-dealkylation sites (tertiary alicyclic amines) is 1. The maximum absolute atomic E-state index is 12.7. The van der Waals surface area contributed by atoms with Crippen molar-refractivity contribution in [3.05, 3.63) is 23.4 Å². The van der Waals surface area contributed by atoms with Gasteiger partial charge < -0.3 is 29.4 Å². The Kier molecular flexibility index (Phi) is 5.99. The number of carbonyl (C=O) groups excluding carboxylic acids is 2. The molecule has 4 heterocycles. The van der Waals surface area contributed by atoms with Gasteiger partial charge in [-0.15, -0.1) is 0 Å². The van der Waals surface area contributed by atoms with E-state index >= 15 is 0 Å². The van der Waals surface area contributed by atoms with Gasteiger partial charge in [-0.3, -0.25) is 4.79 Å². The molecule has 2 amide bonds. The number of nitrogens with zero attached hydrogens (tertiary/aromatic N) is 5. The Morgan fingerprint density at radius 3 is 2.52 bits per heavy atom. The van der Waals surface area contributed by atoms with Crippen LogP contribution in [-0.4, -0.2) is 101 Å². The number of aromatic nitrogens is 1. The van der Waals surface area contributed by atoms with E-state index in [9.17, 15) is 19.5 Å². The smallest absolute Gasteiger partial charge is 0.410 e. The molecule has 1 aromatic rings. The van der Waals surface area contributed by atoms with Crippen molar-refractivity contribution in [3.8, 4) is 0 Å². The summed E-state index contributed by atoms with van der Waals surface area (Å²) in [5.41, 5.74) is 2.20. The number of rotatable bonds is 3. The number of carbonyl (C=O) groups is 3. The monoisotopic (exact) mass is 431 g/mol. The minimum atomic E-state index is -1.08. The lowest BCUT2D eigenvalue weighted by Crippen LogP contribution is -2.45. The number of aliphatic carboxylic acids is 1. The molecule has 0 aliphatic carbocycles. The molecule has 0 aromatic carbocycles. The lowest BCUT2D eigenvalue weighted by molar-refractivity contribution is -0.147. The molecule has 2 atom stereocenters. The predicted octanol–water partition coefficient (Wildman–Crippen LogP) is 0.402. The number of amides is 2. The molecule has 3 aliphatic heterocycles. The van der Waals surface area contributed by atoms with Gasteiger partial charge in [-0.1, -0.05) is 0 Å². The molecule has 168 valence electrons. The zero-order chi connectivity index (χ0) is 22.1. The maximum atomic E-state index is 12.7. The van der Waals surface area contributed by atoms with Crippen LogP contribution in [0.1, 0.15) is 24.5 Å². The minimum absolute atomic E-state index is 0.110. The molecule has 0 radical (unpaired) electrons. The van der Waals surface area contributed by atoms with Crippen LogP contribution in [0.15, 0.2) is 12.3 Å². The van der Waals surface area contributed by atoms with E-state index in [1.165, 1.54) is 17.4 Å². The number of hydrogen-bond acceptors (Lipinski definition) is 7. The lowest BCUT2D eigenvalue weighted by atomic mass is 10.0. The number of likely N-dealkylation sites (N-methyl/N-ethyl adjacent to an activating group) is 1. The van der Waals surface area contributed by atoms with Crippen LogP contribution in [0.2, 0.25) is 0 Å². The first-order valence-electron chi connectivity index (χ1n) is 10.7. The zero-order valence-electron chi connectivity index (χ0n) is 18.0. The number of carboxylic acids is 1. The van der Waals surface area contributed by atoms with E-state index < -0.39 is 24.2 Å². The van der Waals surface area contributed by atoms with E-state index in [0.29, 0.717) is 13.1 Å². The maximum Gasteiger partial charge on any atom is 0.410 e. The fourth-order valence-electron chi connectivity index (χ4n) is 4.47. The third kappa shape index (κ3) is 4.58. The summed E-state index contributed by atoms with van der Waals surface area (Å²) in [6.07, 6.45) is 1.58. The van der Waals surface area contributed by atoms with Crippen LogP contribution in [0.3, 0.4) is 0 Å². The van der Waals surface area contributed by atoms with Gasteiger partial charge in [0, 0.05) is 52.3 Å². The van der Waals surface area contributed by atoms with Gasteiger partial charge in [0.25, 0.3) is 0 Å². The van der Waals surface area contributed by atoms with E-state index in [-0.39, 0.29) is 18.9 Å². The highest BCUT2D eigenvalue weighted by molar-refractivity contribution is 5.83. The third-order valence-corrected chi connectivity index (χ3v) is 6.39. The Morgan fingerprint density at radius 1 is 1.13 bits per heavy atom. The fraction of sp³-hybridized carbons (Fsp3) is 0.619. The van der Waals surface area contributed by atoms with Crippen molar-refractivity contribution < 1.29 is 24.2 Å². The summed E-state index contributed by atoms with van der Waals surface area (Å²) in [4.78, 5) is 47.8. The van der Waals surface area contributed by atoms with Crippen LogP contribution in [0.4, 0.5) is 10.6 Å². The molecule has 0 bridgehead atoms. The molecule has 1 N–H and O–H groups in total. The first-order valence-corrected chi connectivity index (χ1v) is 10.7. The van der Waals surface area contributed by atoms with Crippen molar-refractivity contribution in [2.75, 3.05) is 51.2 Å². The number of ether oxygens (including phenoxy) is 1. The second-order valence-corrected chi connectivity index (χ2v) is 8.54. The van der Waals surface area contributed by atoms with E-state index in [0.717, 1.165) is 44.0 Å². The van der Waals surface area contributed by atoms with Crippen LogP contribution >= 0.6 is 0 Å². The Hall–Kier alpha value is -2.88. The van der Waals surface area contributed by atoms with Gasteiger partial charge in [0.05, 0.1) is 13.1 Å². The Labute approximate surface area is 181 Å². The van der Waals surface area contributed by atoms with Gasteiger partial charge in [-0.2, -0.15) is 0 Å². The molecular formula is C21H29N5O5. The summed E-state index contributed by atoms with van der Waals surface area (Å²) in [5, 5.41) is 9.31. The number of piperazine rings is 1. The number of pyridine rings is 1. The van der Waals surface area contributed by atoms with E-state index in [4.69, 9.17) is 4.74 Å². The van der Waals surface area contributed by atoms with E-state index in [1.54, 1.807) is 4.90 Å². The highest BCUT2D eigenvalue weighted by atomic mass is 16.6. The standard InChI is InChI=1S/C21H29N5O5/c1-14(27)26-13-17(10-18(26)20(28)29)31-21(30)25-4-3-15-9-19(22-11-16(15)12-25)24-7-5-23(2)6-8-24/h9,11,17-18H,3-8,10,12-13H2,1-2H3,(H,28,29)/t17-,18+/m1/s1. The van der Waals surface area contributed by atoms with Crippen LogP contribution < -0.4 is 4.90 Å². The van der Waals surface area contributed by atoms with Gasteiger partial charge in [-0.25, -0.2) is 14.6 Å². The molecule has 4 rings (SSSR count). The molecule has 3 aliphatic rings. The normalized spacial score (nSPS) is 24.1. The molecule has 0 spiro atoms. The van der Waals surface area contributed by atoms with Crippen molar-refractivity contribution in [3.63, 3.8) is 0 Å². The number of anilines is 1. The lowest BCUT2D eigenvalue weighted by Gasteiger charge is -2.34. The Morgan fingerprint density at radius 2 is 1.87 bits per heavy atom. The third-order valence-electron chi connectivity index (χ3n) is 6.39. The highest BCUT2D eigenvalue weighted by Gasteiger charge is 2.40. The molecular weight excluding hydrogens is 402 g/mol. The molecule has 0 saturated carbocycles. The van der Waals surface area contributed by atoms with Gasteiger partial charge in [0.15, 0.2) is 0 Å². The molecule has 0 unspecified atom stereocenters. The second kappa shape index (κ2) is 8.70. The molecule has 31 heavy (non-hydrogen) atoms. The predicted molar refractivity (Wildman–Crippen MR) is 112 cm³/mol. The van der Waals surface area contributed by atoms with Crippen molar-refractivity contribution in [1.29, 1.82) is 0 Å². The second-order valence-electron chi connectivity index (χ2n) is 8.54. The summed E-state index contributed by atoms with van der Waals surface area (Å²) in [6.45, 7) is 6.32. The van der Waals surface area contributed by atoms with Crippen molar-refractivity contribution >= 4 is 23.8 Å². The Balaban J connectivity index is 1.36. The fourth-order valence-corrected chi connectivity index (χ4v) is 4.47. The van der Waals surface area contributed by atoms with Crippen LogP contribution in [-0.2, 0) is 27.3 Å². The molecule has 10 heteroatoms. The topological polar surface area (TPSA) is 107 Å². The quantitative estimate of drug-likeness (QED) is 0.733. The van der Waals surface area contributed by atoms with Crippen LogP contribution in [0.25, 0.3) is 0 Å². The summed E-state index contributed by atoms with van der Waals surface area (Å²) in [5.74, 6) is -0.430. The minimum Gasteiger partial charge on any atom is -0.480 e. The largest absolute Gasteiger partial charge is 0.480 e. The first kappa shape index (κ1) is 21.4. The molecule has 10 nitrogen and oxygen atoms in total. The zero-order valence-corrected chi connectivity index (χ0v) is 18.0. The summed E-state index contributed by atoms with van der Waals surface area (Å²) in [6, 6.07) is 1.18. The average Bonchev–Trinajstić information content (AvgIpc) is 3.18. The summed E-state index contributed by atoms with van der Waals surface area (Å²) >= 11 is 0. The van der Waals surface area contributed by atoms with Crippen molar-refractivity contribution in [2.24, 2.45) is 0 Å². The van der Waals surface area contributed by atoms with Crippen molar-refractivity contribution in [1.82, 2.24) is 19.7 Å². The van der Waals surface area contributed by atoms with E-state index in [2.05, 4.69) is 27.9 Å². The highest BCUT2D eigenvalue weighted by Crippen LogP contribution is 2.26. The van der Waals surface area contributed by atoms with E-state index in [1.807, 2.05) is 6.20 Å². The van der Waals surface area contributed by atoms with Gasteiger partial charge >= 0.3 is 12.1 Å². The number of hydrogen-bond donors (Lipinski definition) is 1. The van der Waals surface area contributed by atoms with Crippen LogP contribution in [0.5, 0.6) is 0 Å². The average molecular weight is 431 g/mol. The van der Waals surface area contributed by atoms with Crippen molar-refractivity contribution in [2.45, 2.75) is 38.5 Å². The molecule has 2 fully saturated rings. The summed E-state index contributed by atoms with van der Waals surface area (Å²) in [7, 11) is 2.12. The van der Waals surface area contributed by atoms with Gasteiger partial charge in [0.1, 0.15) is 18.0 Å². The SMILES string of the molecule is CC(=O)N1C[C@H](OC(=O)N2CCc3cc(N4CCN(C)CC4)ncc3C2)C[C@H]1C(=O)O. The van der Waals surface area contributed by atoms with Gasteiger partial charge in [0.2, 0.25) is 5.91 Å². The number of fused-ring (bicyclic) bond motifs is 1. The van der Waals surface area contributed by atoms with Crippen LogP contribution in [0, 0.1) is 0 Å².